The van der Waals surface area contributed by atoms with Crippen LogP contribution in [0.5, 0.6) is 0 Å². The Labute approximate surface area is 193 Å². The van der Waals surface area contributed by atoms with Crippen LogP contribution in [0.25, 0.3) is 0 Å². The first-order chi connectivity index (χ1) is 14.2. The molecule has 1 aromatic heterocycles. The lowest BCUT2D eigenvalue weighted by Crippen LogP contribution is -2.49. The van der Waals surface area contributed by atoms with E-state index < -0.39 is 0 Å². The third-order valence-corrected chi connectivity index (χ3v) is 4.84. The van der Waals surface area contributed by atoms with Crippen LogP contribution < -0.4 is 15.5 Å². The summed E-state index contributed by atoms with van der Waals surface area (Å²) in [6.45, 7) is 3.92. The third kappa shape index (κ3) is 7.12. The van der Waals surface area contributed by atoms with Crippen molar-refractivity contribution in [2.75, 3.05) is 44.7 Å². The normalized spacial score (nSPS) is 14.1. The predicted octanol–water partition coefficient (Wildman–Crippen LogP) is 2.24. The molecule has 1 fully saturated rings. The van der Waals surface area contributed by atoms with Crippen LogP contribution in [0.1, 0.15) is 12.1 Å². The Kier molecular flexibility index (Phi) is 9.78. The first kappa shape index (κ1) is 23.8. The Morgan fingerprint density at radius 2 is 1.83 bits per heavy atom. The number of carbonyl (C=O) groups excluding carboxylic acids is 1. The topological polar surface area (TPSA) is 72.9 Å². The molecule has 2 N–H and O–H groups in total. The molecule has 0 spiro atoms. The Morgan fingerprint density at radius 3 is 2.47 bits per heavy atom. The number of benzene rings is 1. The molecule has 1 saturated heterocycles. The van der Waals surface area contributed by atoms with Crippen molar-refractivity contribution in [3.8, 4) is 0 Å². The molecular weight excluding hydrogens is 498 g/mol. The van der Waals surface area contributed by atoms with Gasteiger partial charge >= 0.3 is 0 Å². The molecule has 0 aliphatic carbocycles. The Morgan fingerprint density at radius 1 is 1.10 bits per heavy atom. The maximum Gasteiger partial charge on any atom is 0.224 e. The van der Waals surface area contributed by atoms with E-state index in [1.807, 2.05) is 23.1 Å². The number of hydrogen-bond donors (Lipinski definition) is 2. The summed E-state index contributed by atoms with van der Waals surface area (Å²) in [5.74, 6) is 0.528. The average Bonchev–Trinajstić information content (AvgIpc) is 2.77. The number of rotatable bonds is 6. The smallest absolute Gasteiger partial charge is 0.224 e. The van der Waals surface area contributed by atoms with E-state index in [0.29, 0.717) is 38.6 Å². The standard InChI is InChI=1S/C21H27FN6O.HI/c1-23-21(26-16-18-4-2-3-10-24-18)25-11-9-20(29)28-14-12-27(13-15-28)19-7-5-17(22)6-8-19;/h2-8,10H,9,11-16H2,1H3,(H2,23,25,26);1H. The van der Waals surface area contributed by atoms with Crippen LogP contribution in [0.3, 0.4) is 0 Å². The Hall–Kier alpha value is -2.43. The molecule has 3 rings (SSSR count). The first-order valence-electron chi connectivity index (χ1n) is 9.78. The second kappa shape index (κ2) is 12.3. The molecule has 0 saturated carbocycles. The third-order valence-electron chi connectivity index (χ3n) is 4.84. The molecule has 0 radical (unpaired) electrons. The molecule has 1 amide bonds. The van der Waals surface area contributed by atoms with E-state index in [-0.39, 0.29) is 35.7 Å². The van der Waals surface area contributed by atoms with Gasteiger partial charge in [0.05, 0.1) is 12.2 Å². The molecule has 2 aromatic rings. The van der Waals surface area contributed by atoms with Crippen molar-refractivity contribution in [3.63, 3.8) is 0 Å². The van der Waals surface area contributed by atoms with Gasteiger partial charge < -0.3 is 20.4 Å². The van der Waals surface area contributed by atoms with E-state index >= 15 is 0 Å². The second-order valence-electron chi connectivity index (χ2n) is 6.77. The van der Waals surface area contributed by atoms with Gasteiger partial charge in [-0.1, -0.05) is 6.07 Å². The van der Waals surface area contributed by atoms with E-state index in [0.717, 1.165) is 24.5 Å². The first-order valence-corrected chi connectivity index (χ1v) is 9.78. The Bertz CT molecular complexity index is 810. The van der Waals surface area contributed by atoms with E-state index in [1.165, 1.54) is 12.1 Å². The summed E-state index contributed by atoms with van der Waals surface area (Å²) >= 11 is 0. The molecule has 1 aliphatic rings. The van der Waals surface area contributed by atoms with Crippen LogP contribution in [-0.4, -0.2) is 61.5 Å². The van der Waals surface area contributed by atoms with E-state index in [4.69, 9.17) is 0 Å². The lowest BCUT2D eigenvalue weighted by molar-refractivity contribution is -0.131. The number of amides is 1. The van der Waals surface area contributed by atoms with Crippen LogP contribution in [0.2, 0.25) is 0 Å². The van der Waals surface area contributed by atoms with Gasteiger partial charge in [0.1, 0.15) is 5.82 Å². The zero-order chi connectivity index (χ0) is 20.5. The van der Waals surface area contributed by atoms with E-state index in [1.54, 1.807) is 25.4 Å². The fourth-order valence-electron chi connectivity index (χ4n) is 3.21. The van der Waals surface area contributed by atoms with E-state index in [9.17, 15) is 9.18 Å². The summed E-state index contributed by atoms with van der Waals surface area (Å²) in [4.78, 5) is 25.0. The number of aliphatic imine (C=N–C) groups is 1. The minimum absolute atomic E-state index is 0. The fraction of sp³-hybridized carbons (Fsp3) is 0.381. The highest BCUT2D eigenvalue weighted by atomic mass is 127. The van der Waals surface area contributed by atoms with Gasteiger partial charge in [-0.2, -0.15) is 0 Å². The number of nitrogens with one attached hydrogen (secondary N) is 2. The van der Waals surface area contributed by atoms with Crippen molar-refractivity contribution in [3.05, 3.63) is 60.2 Å². The summed E-state index contributed by atoms with van der Waals surface area (Å²) in [5.41, 5.74) is 1.91. The molecule has 162 valence electrons. The molecule has 1 aromatic carbocycles. The molecule has 30 heavy (non-hydrogen) atoms. The van der Waals surface area contributed by atoms with Crippen LogP contribution in [0.15, 0.2) is 53.7 Å². The number of hydrogen-bond acceptors (Lipinski definition) is 4. The maximum atomic E-state index is 13.1. The van der Waals surface area contributed by atoms with Crippen molar-refractivity contribution in [2.45, 2.75) is 13.0 Å². The number of anilines is 1. The number of piperazine rings is 1. The van der Waals surface area contributed by atoms with Crippen molar-refractivity contribution in [1.29, 1.82) is 0 Å². The summed E-state index contributed by atoms with van der Waals surface area (Å²) < 4.78 is 13.1. The predicted molar refractivity (Wildman–Crippen MR) is 128 cm³/mol. The largest absolute Gasteiger partial charge is 0.368 e. The van der Waals surface area contributed by atoms with E-state index in [2.05, 4.69) is 25.5 Å². The van der Waals surface area contributed by atoms with Gasteiger partial charge in [0, 0.05) is 58.1 Å². The summed E-state index contributed by atoms with van der Waals surface area (Å²) in [7, 11) is 1.70. The van der Waals surface area contributed by atoms with Crippen LogP contribution >= 0.6 is 24.0 Å². The van der Waals surface area contributed by atoms with Crippen LogP contribution in [-0.2, 0) is 11.3 Å². The molecule has 9 heteroatoms. The molecule has 0 bridgehead atoms. The van der Waals surface area contributed by atoms with Crippen molar-refractivity contribution in [1.82, 2.24) is 20.5 Å². The zero-order valence-electron chi connectivity index (χ0n) is 17.1. The number of carbonyl (C=O) groups is 1. The molecule has 7 nitrogen and oxygen atoms in total. The maximum absolute atomic E-state index is 13.1. The zero-order valence-corrected chi connectivity index (χ0v) is 19.4. The van der Waals surface area contributed by atoms with Gasteiger partial charge in [0.2, 0.25) is 5.91 Å². The van der Waals surface area contributed by atoms with Gasteiger partial charge in [-0.05, 0) is 36.4 Å². The Balaban J connectivity index is 0.00000320. The monoisotopic (exact) mass is 526 g/mol. The summed E-state index contributed by atoms with van der Waals surface area (Å²) in [6.07, 6.45) is 2.16. The highest BCUT2D eigenvalue weighted by Crippen LogP contribution is 2.17. The highest BCUT2D eigenvalue weighted by molar-refractivity contribution is 14.0. The number of guanidine groups is 1. The molecule has 0 atom stereocenters. The number of nitrogens with zero attached hydrogens (tertiary/aromatic N) is 4. The number of pyridine rings is 1. The minimum Gasteiger partial charge on any atom is -0.368 e. The molecule has 1 aliphatic heterocycles. The van der Waals surface area contributed by atoms with Gasteiger partial charge in [-0.25, -0.2) is 4.39 Å². The number of halogens is 2. The van der Waals surface area contributed by atoms with Gasteiger partial charge in [0.15, 0.2) is 5.96 Å². The molecule has 0 unspecified atom stereocenters. The van der Waals surface area contributed by atoms with Crippen LogP contribution in [0.4, 0.5) is 10.1 Å². The van der Waals surface area contributed by atoms with Crippen molar-refractivity contribution >= 4 is 41.5 Å². The lowest BCUT2D eigenvalue weighted by atomic mass is 10.2. The second-order valence-corrected chi connectivity index (χ2v) is 6.77. The average molecular weight is 526 g/mol. The minimum atomic E-state index is -0.237. The number of aromatic nitrogens is 1. The quantitative estimate of drug-likeness (QED) is 0.344. The molecule has 2 heterocycles. The summed E-state index contributed by atoms with van der Waals surface area (Å²) in [5, 5.41) is 6.35. The summed E-state index contributed by atoms with van der Waals surface area (Å²) in [6, 6.07) is 12.2. The van der Waals surface area contributed by atoms with Gasteiger partial charge in [-0.15, -0.1) is 24.0 Å². The van der Waals surface area contributed by atoms with Gasteiger partial charge in [-0.3, -0.25) is 14.8 Å². The van der Waals surface area contributed by atoms with Crippen molar-refractivity contribution < 1.29 is 9.18 Å². The highest BCUT2D eigenvalue weighted by Gasteiger charge is 2.21. The lowest BCUT2D eigenvalue weighted by Gasteiger charge is -2.36. The molecular formula is C21H28FIN6O. The fourth-order valence-corrected chi connectivity index (χ4v) is 3.21. The SMILES string of the molecule is CN=C(NCCC(=O)N1CCN(c2ccc(F)cc2)CC1)NCc1ccccn1.I. The van der Waals surface area contributed by atoms with Gasteiger partial charge in [0.25, 0.3) is 0 Å². The van der Waals surface area contributed by atoms with Crippen LogP contribution in [0, 0.1) is 5.82 Å². The van der Waals surface area contributed by atoms with Crippen molar-refractivity contribution in [2.24, 2.45) is 4.99 Å².